The van der Waals surface area contributed by atoms with Gasteiger partial charge in [-0.05, 0) is 60.5 Å². The topological polar surface area (TPSA) is 82.1 Å². The number of ether oxygens (including phenoxy) is 2. The van der Waals surface area contributed by atoms with Crippen molar-refractivity contribution in [2.45, 2.75) is 6.92 Å². The molecule has 2 aromatic heterocycles. The summed E-state index contributed by atoms with van der Waals surface area (Å²) < 4.78 is 18.4. The summed E-state index contributed by atoms with van der Waals surface area (Å²) in [4.78, 5) is 20.6. The Hall–Kier alpha value is -4.43. The third-order valence-electron chi connectivity index (χ3n) is 6.66. The molecular formula is C29H26N4O4. The number of rotatable bonds is 5. The number of morpholine rings is 1. The van der Waals surface area contributed by atoms with Gasteiger partial charge in [0.05, 0.1) is 42.8 Å². The van der Waals surface area contributed by atoms with E-state index in [1.807, 2.05) is 55.5 Å². The number of anilines is 1. The van der Waals surface area contributed by atoms with Crippen LogP contribution in [0.3, 0.4) is 0 Å². The van der Waals surface area contributed by atoms with Crippen molar-refractivity contribution in [3.05, 3.63) is 88.2 Å². The second-order valence-corrected chi connectivity index (χ2v) is 8.94. The van der Waals surface area contributed by atoms with E-state index in [9.17, 15) is 4.79 Å². The molecule has 1 saturated heterocycles. The Morgan fingerprint density at radius 3 is 2.65 bits per heavy atom. The Morgan fingerprint density at radius 1 is 1.00 bits per heavy atom. The van der Waals surface area contributed by atoms with E-state index in [1.165, 1.54) is 4.68 Å². The largest absolute Gasteiger partial charge is 0.496 e. The monoisotopic (exact) mass is 494 g/mol. The first-order valence-corrected chi connectivity index (χ1v) is 12.2. The molecule has 0 aliphatic carbocycles. The minimum atomic E-state index is -0.271. The summed E-state index contributed by atoms with van der Waals surface area (Å²) in [5.74, 6) is 1.43. The highest BCUT2D eigenvalue weighted by Gasteiger charge is 2.18. The van der Waals surface area contributed by atoms with Gasteiger partial charge >= 0.3 is 0 Å². The zero-order valence-electron chi connectivity index (χ0n) is 20.7. The van der Waals surface area contributed by atoms with E-state index in [0.29, 0.717) is 33.8 Å². The average Bonchev–Trinajstić information content (AvgIpc) is 3.38. The Bertz CT molecular complexity index is 1700. The molecule has 1 fully saturated rings. The first-order chi connectivity index (χ1) is 18.1. The molecule has 0 unspecified atom stereocenters. The van der Waals surface area contributed by atoms with E-state index < -0.39 is 0 Å². The molecule has 0 N–H and O–H groups in total. The second kappa shape index (κ2) is 9.55. The standard InChI is InChI=1S/C29H26N4O4/c1-19-16-21(32-12-14-36-15-13-32)11-10-20(19)18-30-33-28(31-24-7-4-3-6-22(24)29(33)34)27-17-23-25(35-2)8-5-9-26(23)37-27/h3-11,16-18H,12-15H2,1-2H3. The Kier molecular flexibility index (Phi) is 5.94. The van der Waals surface area contributed by atoms with Crippen molar-refractivity contribution in [3.8, 4) is 17.3 Å². The van der Waals surface area contributed by atoms with Crippen LogP contribution < -0.4 is 15.2 Å². The Morgan fingerprint density at radius 2 is 1.84 bits per heavy atom. The maximum Gasteiger partial charge on any atom is 0.282 e. The molecule has 0 spiro atoms. The van der Waals surface area contributed by atoms with E-state index in [-0.39, 0.29) is 5.56 Å². The normalized spacial score (nSPS) is 14.2. The number of nitrogens with zero attached hydrogens (tertiary/aromatic N) is 4. The molecule has 0 atom stereocenters. The SMILES string of the molecule is COc1cccc2oc(-c3nc4ccccc4c(=O)n3N=Cc3ccc(N4CCOCC4)cc3C)cc12. The number of furan rings is 1. The summed E-state index contributed by atoms with van der Waals surface area (Å²) in [5.41, 5.74) is 4.07. The molecule has 6 rings (SSSR count). The molecule has 3 aromatic carbocycles. The predicted octanol–water partition coefficient (Wildman–Crippen LogP) is 4.85. The number of methoxy groups -OCH3 is 1. The molecule has 8 nitrogen and oxygen atoms in total. The second-order valence-electron chi connectivity index (χ2n) is 8.94. The van der Waals surface area contributed by atoms with Crippen molar-refractivity contribution in [2.75, 3.05) is 38.3 Å². The van der Waals surface area contributed by atoms with Crippen molar-refractivity contribution >= 4 is 33.8 Å². The molecule has 3 heterocycles. The predicted molar refractivity (Wildman–Crippen MR) is 145 cm³/mol. The summed E-state index contributed by atoms with van der Waals surface area (Å²) in [7, 11) is 1.61. The number of para-hydroxylation sites is 1. The van der Waals surface area contributed by atoms with E-state index in [0.717, 1.165) is 48.5 Å². The van der Waals surface area contributed by atoms with Crippen LogP contribution in [-0.4, -0.2) is 49.3 Å². The molecular weight excluding hydrogens is 468 g/mol. The lowest BCUT2D eigenvalue weighted by molar-refractivity contribution is 0.122. The molecule has 186 valence electrons. The van der Waals surface area contributed by atoms with Gasteiger partial charge in [0.1, 0.15) is 11.3 Å². The van der Waals surface area contributed by atoms with Crippen LogP contribution in [0.25, 0.3) is 33.5 Å². The molecule has 1 aliphatic heterocycles. The lowest BCUT2D eigenvalue weighted by Gasteiger charge is -2.29. The third kappa shape index (κ3) is 4.25. The van der Waals surface area contributed by atoms with Gasteiger partial charge < -0.3 is 18.8 Å². The van der Waals surface area contributed by atoms with Gasteiger partial charge in [-0.15, -0.1) is 0 Å². The molecule has 5 aromatic rings. The minimum absolute atomic E-state index is 0.271. The van der Waals surface area contributed by atoms with Crippen LogP contribution in [0.1, 0.15) is 11.1 Å². The summed E-state index contributed by atoms with van der Waals surface area (Å²) in [6.45, 7) is 5.25. The molecule has 0 bridgehead atoms. The first-order valence-electron chi connectivity index (χ1n) is 12.2. The quantitative estimate of drug-likeness (QED) is 0.325. The van der Waals surface area contributed by atoms with Crippen molar-refractivity contribution in [3.63, 3.8) is 0 Å². The lowest BCUT2D eigenvalue weighted by Crippen LogP contribution is -2.36. The highest BCUT2D eigenvalue weighted by molar-refractivity contribution is 5.89. The minimum Gasteiger partial charge on any atom is -0.496 e. The Balaban J connectivity index is 1.45. The van der Waals surface area contributed by atoms with Gasteiger partial charge in [-0.3, -0.25) is 4.79 Å². The summed E-state index contributed by atoms with van der Waals surface area (Å²) in [6, 6.07) is 20.9. The summed E-state index contributed by atoms with van der Waals surface area (Å²) in [5, 5.41) is 5.89. The molecule has 1 aliphatic rings. The maximum atomic E-state index is 13.6. The van der Waals surface area contributed by atoms with Crippen LogP contribution in [0.4, 0.5) is 5.69 Å². The van der Waals surface area contributed by atoms with Crippen molar-refractivity contribution in [1.29, 1.82) is 0 Å². The van der Waals surface area contributed by atoms with E-state index in [1.54, 1.807) is 19.4 Å². The van der Waals surface area contributed by atoms with Crippen molar-refractivity contribution in [1.82, 2.24) is 9.66 Å². The van der Waals surface area contributed by atoms with Gasteiger partial charge in [0.15, 0.2) is 5.76 Å². The molecule has 0 radical (unpaired) electrons. The molecule has 8 heteroatoms. The van der Waals surface area contributed by atoms with Gasteiger partial charge in [0.25, 0.3) is 5.56 Å². The first kappa shape index (κ1) is 23.0. The van der Waals surface area contributed by atoms with Crippen LogP contribution >= 0.6 is 0 Å². The van der Waals surface area contributed by atoms with E-state index in [2.05, 4.69) is 22.1 Å². The number of hydrogen-bond acceptors (Lipinski definition) is 7. The van der Waals surface area contributed by atoms with Crippen LogP contribution in [0.2, 0.25) is 0 Å². The average molecular weight is 495 g/mol. The van der Waals surface area contributed by atoms with E-state index >= 15 is 0 Å². The van der Waals surface area contributed by atoms with Crippen molar-refractivity contribution in [2.24, 2.45) is 5.10 Å². The fourth-order valence-corrected chi connectivity index (χ4v) is 4.66. The molecule has 37 heavy (non-hydrogen) atoms. The van der Waals surface area contributed by atoms with Gasteiger partial charge in [-0.25, -0.2) is 4.98 Å². The van der Waals surface area contributed by atoms with Gasteiger partial charge in [-0.2, -0.15) is 9.78 Å². The lowest BCUT2D eigenvalue weighted by atomic mass is 10.1. The van der Waals surface area contributed by atoms with Crippen LogP contribution in [0, 0.1) is 6.92 Å². The zero-order valence-corrected chi connectivity index (χ0v) is 20.7. The third-order valence-corrected chi connectivity index (χ3v) is 6.66. The number of fused-ring (bicyclic) bond motifs is 2. The fourth-order valence-electron chi connectivity index (χ4n) is 4.66. The number of aromatic nitrogens is 2. The number of hydrogen-bond donors (Lipinski definition) is 0. The van der Waals surface area contributed by atoms with Crippen LogP contribution in [-0.2, 0) is 4.74 Å². The van der Waals surface area contributed by atoms with Crippen molar-refractivity contribution < 1.29 is 13.9 Å². The van der Waals surface area contributed by atoms with E-state index in [4.69, 9.17) is 18.9 Å². The van der Waals surface area contributed by atoms with Gasteiger partial charge in [0.2, 0.25) is 5.82 Å². The van der Waals surface area contributed by atoms with Gasteiger partial charge in [-0.1, -0.05) is 24.3 Å². The van der Waals surface area contributed by atoms with Crippen LogP contribution in [0.5, 0.6) is 5.75 Å². The molecule has 0 amide bonds. The summed E-state index contributed by atoms with van der Waals surface area (Å²) >= 11 is 0. The number of aryl methyl sites for hydroxylation is 1. The molecule has 0 saturated carbocycles. The summed E-state index contributed by atoms with van der Waals surface area (Å²) in [6.07, 6.45) is 1.70. The highest BCUT2D eigenvalue weighted by atomic mass is 16.5. The van der Waals surface area contributed by atoms with Crippen LogP contribution in [0.15, 0.2) is 81.0 Å². The highest BCUT2D eigenvalue weighted by Crippen LogP contribution is 2.33. The number of benzene rings is 3. The maximum absolute atomic E-state index is 13.6. The Labute approximate surface area is 213 Å². The smallest absolute Gasteiger partial charge is 0.282 e. The van der Waals surface area contributed by atoms with Gasteiger partial charge in [0, 0.05) is 18.8 Å². The fraction of sp³-hybridized carbons (Fsp3) is 0.207. The zero-order chi connectivity index (χ0) is 25.4.